The highest BCUT2D eigenvalue weighted by atomic mass is 35.5. The summed E-state index contributed by atoms with van der Waals surface area (Å²) in [4.78, 5) is 17.8. The number of aromatic nitrogens is 1. The number of halogens is 2. The standard InChI is InChI=1S/C13H17ClFN3O/c1-8(18(2)10-3-4-10)6-17-13(19)11-5-9(15)7-16-12(11)14/h5,7-8,10H,3-4,6H2,1-2H3,(H,17,19). The lowest BCUT2D eigenvalue weighted by Crippen LogP contribution is -2.41. The molecule has 19 heavy (non-hydrogen) atoms. The Balaban J connectivity index is 1.91. The largest absolute Gasteiger partial charge is 0.350 e. The molecular weight excluding hydrogens is 269 g/mol. The van der Waals surface area contributed by atoms with Crippen LogP contribution in [-0.2, 0) is 0 Å². The molecule has 1 aliphatic carbocycles. The third-order valence-corrected chi connectivity index (χ3v) is 3.73. The first kappa shape index (κ1) is 14.2. The van der Waals surface area contributed by atoms with Crippen LogP contribution in [0.3, 0.4) is 0 Å². The third-order valence-electron chi connectivity index (χ3n) is 3.43. The number of likely N-dealkylation sites (N-methyl/N-ethyl adjacent to an activating group) is 1. The van der Waals surface area contributed by atoms with Gasteiger partial charge in [-0.2, -0.15) is 0 Å². The van der Waals surface area contributed by atoms with E-state index in [4.69, 9.17) is 11.6 Å². The summed E-state index contributed by atoms with van der Waals surface area (Å²) in [5.41, 5.74) is 0.0722. The predicted octanol–water partition coefficient (Wildman–Crippen LogP) is 2.09. The molecule has 4 nitrogen and oxygen atoms in total. The maximum Gasteiger partial charge on any atom is 0.254 e. The van der Waals surface area contributed by atoms with Gasteiger partial charge in [-0.3, -0.25) is 9.69 Å². The molecule has 1 N–H and O–H groups in total. The molecule has 1 aromatic rings. The molecule has 104 valence electrons. The summed E-state index contributed by atoms with van der Waals surface area (Å²) in [7, 11) is 2.05. The zero-order valence-electron chi connectivity index (χ0n) is 11.0. The van der Waals surface area contributed by atoms with Crippen LogP contribution in [0.25, 0.3) is 0 Å². The molecule has 1 saturated carbocycles. The van der Waals surface area contributed by atoms with Crippen LogP contribution in [0.2, 0.25) is 5.15 Å². The van der Waals surface area contributed by atoms with E-state index < -0.39 is 11.7 Å². The average Bonchev–Trinajstić information content (AvgIpc) is 3.21. The van der Waals surface area contributed by atoms with Crippen molar-refractivity contribution >= 4 is 17.5 Å². The summed E-state index contributed by atoms with van der Waals surface area (Å²) >= 11 is 5.78. The van der Waals surface area contributed by atoms with E-state index in [0.29, 0.717) is 12.6 Å². The Morgan fingerprint density at radius 2 is 2.37 bits per heavy atom. The normalized spacial score (nSPS) is 16.5. The molecule has 0 bridgehead atoms. The molecule has 1 aliphatic rings. The number of carbonyl (C=O) groups is 1. The van der Waals surface area contributed by atoms with Crippen molar-refractivity contribution in [1.82, 2.24) is 15.2 Å². The average molecular weight is 286 g/mol. The summed E-state index contributed by atoms with van der Waals surface area (Å²) in [6.07, 6.45) is 3.42. The topological polar surface area (TPSA) is 45.2 Å². The molecule has 0 radical (unpaired) electrons. The van der Waals surface area contributed by atoms with Gasteiger partial charge in [-0.05, 0) is 32.9 Å². The summed E-state index contributed by atoms with van der Waals surface area (Å²) in [5.74, 6) is -0.967. The van der Waals surface area contributed by atoms with Gasteiger partial charge in [-0.15, -0.1) is 0 Å². The molecule has 1 fully saturated rings. The fourth-order valence-electron chi connectivity index (χ4n) is 1.90. The maximum absolute atomic E-state index is 13.0. The van der Waals surface area contributed by atoms with Crippen molar-refractivity contribution in [2.75, 3.05) is 13.6 Å². The van der Waals surface area contributed by atoms with Gasteiger partial charge in [0.15, 0.2) is 0 Å². The molecule has 1 amide bonds. The highest BCUT2D eigenvalue weighted by molar-refractivity contribution is 6.32. The van der Waals surface area contributed by atoms with Crippen molar-refractivity contribution in [2.45, 2.75) is 31.8 Å². The van der Waals surface area contributed by atoms with E-state index in [1.807, 2.05) is 14.0 Å². The van der Waals surface area contributed by atoms with Gasteiger partial charge in [0.05, 0.1) is 11.8 Å². The second-order valence-corrected chi connectivity index (χ2v) is 5.31. The van der Waals surface area contributed by atoms with Gasteiger partial charge in [-0.25, -0.2) is 9.37 Å². The quantitative estimate of drug-likeness (QED) is 0.843. The van der Waals surface area contributed by atoms with E-state index in [1.54, 1.807) is 0 Å². The number of rotatable bonds is 5. The first-order valence-corrected chi connectivity index (χ1v) is 6.68. The van der Waals surface area contributed by atoms with Crippen LogP contribution in [0.4, 0.5) is 4.39 Å². The Bertz CT molecular complexity index is 479. The minimum atomic E-state index is -0.572. The van der Waals surface area contributed by atoms with Crippen molar-refractivity contribution < 1.29 is 9.18 Å². The molecule has 0 spiro atoms. The third kappa shape index (κ3) is 3.64. The lowest BCUT2D eigenvalue weighted by atomic mass is 10.2. The van der Waals surface area contributed by atoms with Crippen LogP contribution in [-0.4, -0.2) is 41.5 Å². The van der Waals surface area contributed by atoms with Crippen LogP contribution in [0, 0.1) is 5.82 Å². The lowest BCUT2D eigenvalue weighted by Gasteiger charge is -2.24. The fraction of sp³-hybridized carbons (Fsp3) is 0.538. The minimum Gasteiger partial charge on any atom is -0.350 e. The molecule has 2 rings (SSSR count). The molecule has 1 aromatic heterocycles. The Kier molecular flexibility index (Phi) is 4.37. The number of hydrogen-bond acceptors (Lipinski definition) is 3. The Hall–Kier alpha value is -1.20. The number of carbonyl (C=O) groups excluding carboxylic acids is 1. The van der Waals surface area contributed by atoms with Crippen LogP contribution >= 0.6 is 11.6 Å². The van der Waals surface area contributed by atoms with E-state index >= 15 is 0 Å². The fourth-order valence-corrected chi connectivity index (χ4v) is 2.09. The first-order chi connectivity index (χ1) is 8.99. The zero-order chi connectivity index (χ0) is 14.0. The number of amides is 1. The zero-order valence-corrected chi connectivity index (χ0v) is 11.7. The number of hydrogen-bond donors (Lipinski definition) is 1. The van der Waals surface area contributed by atoms with Crippen molar-refractivity contribution in [3.8, 4) is 0 Å². The number of pyridine rings is 1. The Morgan fingerprint density at radius 1 is 1.68 bits per heavy atom. The highest BCUT2D eigenvalue weighted by Gasteiger charge is 2.29. The molecule has 1 atom stereocenters. The molecule has 1 heterocycles. The minimum absolute atomic E-state index is 0.0158. The van der Waals surface area contributed by atoms with E-state index in [9.17, 15) is 9.18 Å². The van der Waals surface area contributed by atoms with Gasteiger partial charge in [0, 0.05) is 18.6 Å². The molecule has 1 unspecified atom stereocenters. The smallest absolute Gasteiger partial charge is 0.254 e. The highest BCUT2D eigenvalue weighted by Crippen LogP contribution is 2.26. The van der Waals surface area contributed by atoms with Crippen molar-refractivity contribution in [1.29, 1.82) is 0 Å². The van der Waals surface area contributed by atoms with Gasteiger partial charge < -0.3 is 5.32 Å². The second-order valence-electron chi connectivity index (χ2n) is 4.95. The molecule has 0 aliphatic heterocycles. The first-order valence-electron chi connectivity index (χ1n) is 6.30. The predicted molar refractivity (Wildman–Crippen MR) is 71.8 cm³/mol. The van der Waals surface area contributed by atoms with Gasteiger partial charge in [-0.1, -0.05) is 11.6 Å². The summed E-state index contributed by atoms with van der Waals surface area (Å²) in [5, 5.41) is 2.77. The lowest BCUT2D eigenvalue weighted by molar-refractivity contribution is 0.0939. The summed E-state index contributed by atoms with van der Waals surface area (Å²) < 4.78 is 13.0. The van der Waals surface area contributed by atoms with E-state index in [1.165, 1.54) is 12.8 Å². The van der Waals surface area contributed by atoms with Crippen LogP contribution in [0.15, 0.2) is 12.3 Å². The van der Waals surface area contributed by atoms with Crippen LogP contribution < -0.4 is 5.32 Å². The molecular formula is C13H17ClFN3O. The van der Waals surface area contributed by atoms with E-state index in [-0.39, 0.29) is 16.8 Å². The van der Waals surface area contributed by atoms with Gasteiger partial charge in [0.1, 0.15) is 11.0 Å². The Morgan fingerprint density at radius 3 is 3.00 bits per heavy atom. The van der Waals surface area contributed by atoms with Gasteiger partial charge >= 0.3 is 0 Å². The van der Waals surface area contributed by atoms with Crippen LogP contribution in [0.5, 0.6) is 0 Å². The van der Waals surface area contributed by atoms with Gasteiger partial charge in [0.25, 0.3) is 5.91 Å². The SMILES string of the molecule is CC(CNC(=O)c1cc(F)cnc1Cl)N(C)C1CC1. The van der Waals surface area contributed by atoms with Crippen molar-refractivity contribution in [3.05, 3.63) is 28.8 Å². The second kappa shape index (κ2) is 5.84. The van der Waals surface area contributed by atoms with Gasteiger partial charge in [0.2, 0.25) is 0 Å². The maximum atomic E-state index is 13.0. The van der Waals surface area contributed by atoms with E-state index in [2.05, 4.69) is 15.2 Å². The van der Waals surface area contributed by atoms with E-state index in [0.717, 1.165) is 12.3 Å². The monoisotopic (exact) mass is 285 g/mol. The number of nitrogens with zero attached hydrogens (tertiary/aromatic N) is 2. The molecule has 6 heteroatoms. The molecule has 0 aromatic carbocycles. The van der Waals surface area contributed by atoms with Crippen molar-refractivity contribution in [3.63, 3.8) is 0 Å². The summed E-state index contributed by atoms with van der Waals surface area (Å²) in [6.45, 7) is 2.54. The Labute approximate surface area is 117 Å². The number of nitrogens with one attached hydrogen (secondary N) is 1. The van der Waals surface area contributed by atoms with Crippen LogP contribution in [0.1, 0.15) is 30.1 Å². The van der Waals surface area contributed by atoms with Crippen molar-refractivity contribution in [2.24, 2.45) is 0 Å². The summed E-state index contributed by atoms with van der Waals surface area (Å²) in [6, 6.07) is 1.96. The molecule has 0 saturated heterocycles.